The fourth-order valence-corrected chi connectivity index (χ4v) is 3.49. The van der Waals surface area contributed by atoms with Crippen LogP contribution in [0.2, 0.25) is 0 Å². The van der Waals surface area contributed by atoms with Gasteiger partial charge in [-0.3, -0.25) is 0 Å². The van der Waals surface area contributed by atoms with Gasteiger partial charge in [0.05, 0.1) is 11.1 Å². The zero-order chi connectivity index (χ0) is 14.7. The van der Waals surface area contributed by atoms with Crippen molar-refractivity contribution in [2.24, 2.45) is 0 Å². The van der Waals surface area contributed by atoms with Crippen LogP contribution in [0.15, 0.2) is 30.5 Å². The monoisotopic (exact) mass is 306 g/mol. The number of halogens is 1. The van der Waals surface area contributed by atoms with Crippen molar-refractivity contribution in [3.8, 4) is 0 Å². The van der Waals surface area contributed by atoms with Gasteiger partial charge in [-0.25, -0.2) is 9.37 Å². The zero-order valence-electron chi connectivity index (χ0n) is 11.8. The number of nitrogens with zero attached hydrogens (tertiary/aromatic N) is 1. The number of rotatable bonds is 6. The maximum Gasteiger partial charge on any atom is 0.129 e. The smallest absolute Gasteiger partial charge is 0.129 e. The van der Waals surface area contributed by atoms with Crippen LogP contribution >= 0.6 is 11.3 Å². The Morgan fingerprint density at radius 1 is 1.38 bits per heavy atom. The number of hydrogen-bond donors (Lipinski definition) is 2. The van der Waals surface area contributed by atoms with Gasteiger partial charge in [0.15, 0.2) is 0 Å². The Labute approximate surface area is 127 Å². The summed E-state index contributed by atoms with van der Waals surface area (Å²) in [5.74, 6) is 0.296. The predicted molar refractivity (Wildman–Crippen MR) is 81.8 cm³/mol. The third-order valence-electron chi connectivity index (χ3n) is 3.93. The lowest BCUT2D eigenvalue weighted by Gasteiger charge is -2.22. The molecule has 2 aromatic rings. The van der Waals surface area contributed by atoms with Crippen molar-refractivity contribution in [2.45, 2.75) is 37.8 Å². The fraction of sp³-hybridized carbons (Fsp3) is 0.438. The van der Waals surface area contributed by atoms with E-state index in [-0.39, 0.29) is 5.82 Å². The molecule has 21 heavy (non-hydrogen) atoms. The first-order chi connectivity index (χ1) is 10.2. The average molecular weight is 306 g/mol. The summed E-state index contributed by atoms with van der Waals surface area (Å²) in [7, 11) is 0. The highest BCUT2D eigenvalue weighted by atomic mass is 32.1. The van der Waals surface area contributed by atoms with Crippen molar-refractivity contribution in [3.63, 3.8) is 0 Å². The van der Waals surface area contributed by atoms with Gasteiger partial charge in [-0.2, -0.15) is 0 Å². The van der Waals surface area contributed by atoms with E-state index in [2.05, 4.69) is 10.3 Å². The van der Waals surface area contributed by atoms with Crippen LogP contribution in [0.1, 0.15) is 46.7 Å². The van der Waals surface area contributed by atoms with E-state index in [0.717, 1.165) is 4.88 Å². The van der Waals surface area contributed by atoms with E-state index < -0.39 is 6.10 Å². The summed E-state index contributed by atoms with van der Waals surface area (Å²) in [6, 6.07) is 6.34. The summed E-state index contributed by atoms with van der Waals surface area (Å²) < 4.78 is 13.5. The Morgan fingerprint density at radius 2 is 2.19 bits per heavy atom. The number of benzene rings is 1. The number of aliphatic hydroxyl groups excluding tert-OH is 1. The molecule has 1 heterocycles. The summed E-state index contributed by atoms with van der Waals surface area (Å²) in [5, 5.41) is 14.4. The van der Waals surface area contributed by atoms with E-state index in [9.17, 15) is 9.50 Å². The van der Waals surface area contributed by atoms with E-state index in [1.807, 2.05) is 6.20 Å². The van der Waals surface area contributed by atoms with E-state index in [0.29, 0.717) is 24.6 Å². The molecule has 2 N–H and O–H groups in total. The van der Waals surface area contributed by atoms with Crippen molar-refractivity contribution in [1.82, 2.24) is 10.3 Å². The molecule has 1 unspecified atom stereocenters. The average Bonchev–Trinajstić information content (AvgIpc) is 2.85. The van der Waals surface area contributed by atoms with Crippen LogP contribution in [0.4, 0.5) is 4.39 Å². The molecule has 1 aromatic heterocycles. The second kappa shape index (κ2) is 6.64. The molecule has 1 atom stereocenters. The fourth-order valence-electron chi connectivity index (χ4n) is 2.44. The van der Waals surface area contributed by atoms with Crippen molar-refractivity contribution in [3.05, 3.63) is 51.7 Å². The van der Waals surface area contributed by atoms with Crippen LogP contribution < -0.4 is 5.32 Å². The number of hydrogen-bond acceptors (Lipinski definition) is 4. The van der Waals surface area contributed by atoms with E-state index >= 15 is 0 Å². The molecule has 0 amide bonds. The van der Waals surface area contributed by atoms with Crippen LogP contribution in [-0.4, -0.2) is 16.6 Å². The summed E-state index contributed by atoms with van der Waals surface area (Å²) in [4.78, 5) is 5.63. The lowest BCUT2D eigenvalue weighted by atomic mass is 9.86. The Bertz CT molecular complexity index is 597. The first-order valence-electron chi connectivity index (χ1n) is 7.32. The third kappa shape index (κ3) is 3.48. The molecule has 1 aliphatic carbocycles. The molecule has 1 aliphatic rings. The van der Waals surface area contributed by atoms with Crippen LogP contribution in [0.25, 0.3) is 0 Å². The highest BCUT2D eigenvalue weighted by Gasteiger charge is 2.22. The molecule has 0 saturated heterocycles. The topological polar surface area (TPSA) is 45.1 Å². The molecular formula is C16H19FN2OS. The van der Waals surface area contributed by atoms with Crippen LogP contribution in [0, 0.1) is 5.82 Å². The van der Waals surface area contributed by atoms with Crippen LogP contribution in [0.5, 0.6) is 0 Å². The molecule has 1 saturated carbocycles. The Kier molecular flexibility index (Phi) is 4.63. The van der Waals surface area contributed by atoms with Crippen LogP contribution in [0.3, 0.4) is 0 Å². The van der Waals surface area contributed by atoms with Gasteiger partial charge in [-0.1, -0.05) is 24.6 Å². The van der Waals surface area contributed by atoms with Crippen molar-refractivity contribution in [2.75, 3.05) is 6.54 Å². The van der Waals surface area contributed by atoms with Gasteiger partial charge >= 0.3 is 0 Å². The number of nitrogens with one attached hydrogen (secondary N) is 1. The van der Waals surface area contributed by atoms with Crippen LogP contribution in [-0.2, 0) is 6.54 Å². The second-order valence-electron chi connectivity index (χ2n) is 5.46. The molecule has 1 aromatic carbocycles. The molecule has 1 fully saturated rings. The van der Waals surface area contributed by atoms with Gasteiger partial charge < -0.3 is 10.4 Å². The molecule has 112 valence electrons. The molecule has 3 rings (SSSR count). The Hall–Kier alpha value is -1.30. The lowest BCUT2D eigenvalue weighted by Crippen LogP contribution is -2.21. The number of thiazole rings is 1. The quantitative estimate of drug-likeness (QED) is 0.860. The van der Waals surface area contributed by atoms with Gasteiger partial charge in [0.25, 0.3) is 0 Å². The van der Waals surface area contributed by atoms with Gasteiger partial charge in [0.2, 0.25) is 0 Å². The highest BCUT2D eigenvalue weighted by molar-refractivity contribution is 7.11. The van der Waals surface area contributed by atoms with Gasteiger partial charge in [-0.15, -0.1) is 11.3 Å². The van der Waals surface area contributed by atoms with Gasteiger partial charge in [0, 0.05) is 35.6 Å². The minimum absolute atomic E-state index is 0.331. The Morgan fingerprint density at radius 3 is 2.90 bits per heavy atom. The first-order valence-corrected chi connectivity index (χ1v) is 8.13. The van der Waals surface area contributed by atoms with Gasteiger partial charge in [0.1, 0.15) is 5.82 Å². The first kappa shape index (κ1) is 14.6. The molecule has 0 bridgehead atoms. The summed E-state index contributed by atoms with van der Waals surface area (Å²) >= 11 is 1.74. The highest BCUT2D eigenvalue weighted by Crippen LogP contribution is 2.38. The third-order valence-corrected chi connectivity index (χ3v) is 5.09. The standard InChI is InChI=1S/C16H19FN2OS/c17-14-7-2-1-6-13(14)15(20)10-18-8-12-9-19-16(21-12)11-4-3-5-11/h1-2,6-7,9,11,15,18,20H,3-5,8,10H2. The molecule has 0 radical (unpaired) electrons. The normalized spacial score (nSPS) is 16.7. The van der Waals surface area contributed by atoms with Crippen molar-refractivity contribution in [1.29, 1.82) is 0 Å². The maximum absolute atomic E-state index is 13.5. The maximum atomic E-state index is 13.5. The van der Waals surface area contributed by atoms with E-state index in [4.69, 9.17) is 0 Å². The lowest BCUT2D eigenvalue weighted by molar-refractivity contribution is 0.170. The molecule has 3 nitrogen and oxygen atoms in total. The number of aromatic nitrogens is 1. The molecule has 0 spiro atoms. The largest absolute Gasteiger partial charge is 0.387 e. The minimum Gasteiger partial charge on any atom is -0.387 e. The summed E-state index contributed by atoms with van der Waals surface area (Å²) in [5.41, 5.74) is 0.337. The molecular weight excluding hydrogens is 287 g/mol. The second-order valence-corrected chi connectivity index (χ2v) is 6.61. The van der Waals surface area contributed by atoms with Crippen molar-refractivity contribution >= 4 is 11.3 Å². The Balaban J connectivity index is 1.49. The summed E-state index contributed by atoms with van der Waals surface area (Å²) in [6.45, 7) is 0.994. The zero-order valence-corrected chi connectivity index (χ0v) is 12.6. The van der Waals surface area contributed by atoms with Crippen molar-refractivity contribution < 1.29 is 9.50 Å². The molecule has 0 aliphatic heterocycles. The van der Waals surface area contributed by atoms with E-state index in [1.165, 1.54) is 30.3 Å². The van der Waals surface area contributed by atoms with E-state index in [1.54, 1.807) is 29.5 Å². The minimum atomic E-state index is -0.828. The predicted octanol–water partition coefficient (Wildman–Crippen LogP) is 3.37. The molecule has 5 heteroatoms. The summed E-state index contributed by atoms with van der Waals surface area (Å²) in [6.07, 6.45) is 4.90. The number of aliphatic hydroxyl groups is 1. The van der Waals surface area contributed by atoms with Gasteiger partial charge in [-0.05, 0) is 18.9 Å². The SMILES string of the molecule is OC(CNCc1cnc(C2CCC2)s1)c1ccccc1F.